The van der Waals surface area contributed by atoms with Gasteiger partial charge in [-0.15, -0.1) is 5.10 Å². The number of rotatable bonds is 4. The molecule has 20 heavy (non-hydrogen) atoms. The number of carbonyl (C=O) groups excluding carboxylic acids is 1. The summed E-state index contributed by atoms with van der Waals surface area (Å²) < 4.78 is 13.8. The number of nitrogens with zero attached hydrogens (tertiary/aromatic N) is 3. The Bertz CT molecular complexity index is 636. The van der Waals surface area contributed by atoms with Gasteiger partial charge in [0.05, 0.1) is 5.69 Å². The van der Waals surface area contributed by atoms with Crippen molar-refractivity contribution < 1.29 is 9.18 Å². The molecule has 1 fully saturated rings. The molecule has 1 aliphatic rings. The Balaban J connectivity index is 1.88. The summed E-state index contributed by atoms with van der Waals surface area (Å²) in [6.45, 7) is 2.14. The molecule has 0 bridgehead atoms. The molecule has 1 aromatic heterocycles. The minimum Gasteiger partial charge on any atom is -0.303 e. The first kappa shape index (κ1) is 12.8. The van der Waals surface area contributed by atoms with Crippen LogP contribution in [0.5, 0.6) is 0 Å². The Morgan fingerprint density at radius 1 is 1.45 bits per heavy atom. The average Bonchev–Trinajstić information content (AvgIpc) is 3.19. The van der Waals surface area contributed by atoms with E-state index in [1.54, 1.807) is 25.1 Å². The monoisotopic (exact) mass is 274 g/mol. The molecule has 0 unspecified atom stereocenters. The van der Waals surface area contributed by atoms with Gasteiger partial charge in [0.15, 0.2) is 0 Å². The third kappa shape index (κ3) is 2.29. The number of nitrogens with one attached hydrogen (secondary N) is 1. The third-order valence-corrected chi connectivity index (χ3v) is 3.36. The molecule has 0 radical (unpaired) electrons. The van der Waals surface area contributed by atoms with Crippen LogP contribution in [0.3, 0.4) is 0 Å². The summed E-state index contributed by atoms with van der Waals surface area (Å²) in [6, 6.07) is 6.20. The van der Waals surface area contributed by atoms with Crippen LogP contribution in [0.1, 0.15) is 42.1 Å². The Hall–Kier alpha value is -2.24. The van der Waals surface area contributed by atoms with Gasteiger partial charge in [-0.25, -0.2) is 9.37 Å². The third-order valence-electron chi connectivity index (χ3n) is 3.36. The van der Waals surface area contributed by atoms with E-state index >= 15 is 0 Å². The quantitative estimate of drug-likeness (QED) is 0.931. The van der Waals surface area contributed by atoms with Gasteiger partial charge in [-0.1, -0.05) is 12.1 Å². The van der Waals surface area contributed by atoms with Gasteiger partial charge in [0.1, 0.15) is 11.6 Å². The lowest BCUT2D eigenvalue weighted by atomic mass is 10.2. The number of carbonyl (C=O) groups is 1. The second-order valence-corrected chi connectivity index (χ2v) is 4.82. The van der Waals surface area contributed by atoms with E-state index in [9.17, 15) is 9.18 Å². The van der Waals surface area contributed by atoms with Crippen LogP contribution in [-0.4, -0.2) is 27.6 Å². The summed E-state index contributed by atoms with van der Waals surface area (Å²) in [7, 11) is 0. The standard InChI is InChI=1S/C14H15FN4O/c1-2-19(11-6-4-3-5-10(11)15)14(20)13-16-12(17-18-13)9-7-8-9/h3-6,9H,2,7-8H2,1H3,(H,16,17,18). The van der Waals surface area contributed by atoms with Crippen LogP contribution >= 0.6 is 0 Å². The molecule has 5 nitrogen and oxygen atoms in total. The summed E-state index contributed by atoms with van der Waals surface area (Å²) in [5, 5.41) is 6.74. The summed E-state index contributed by atoms with van der Waals surface area (Å²) in [4.78, 5) is 18.0. The van der Waals surface area contributed by atoms with Crippen molar-refractivity contribution in [1.82, 2.24) is 15.2 Å². The first-order valence-electron chi connectivity index (χ1n) is 6.69. The predicted molar refractivity (Wildman–Crippen MR) is 72.1 cm³/mol. The van der Waals surface area contributed by atoms with Crippen molar-refractivity contribution >= 4 is 11.6 Å². The fourth-order valence-corrected chi connectivity index (χ4v) is 2.12. The number of aromatic amines is 1. The van der Waals surface area contributed by atoms with E-state index in [1.165, 1.54) is 11.0 Å². The maximum absolute atomic E-state index is 13.8. The lowest BCUT2D eigenvalue weighted by molar-refractivity contribution is 0.0978. The first-order chi connectivity index (χ1) is 9.70. The molecule has 1 amide bonds. The fourth-order valence-electron chi connectivity index (χ4n) is 2.12. The van der Waals surface area contributed by atoms with Crippen LogP contribution in [0.25, 0.3) is 0 Å². The van der Waals surface area contributed by atoms with Gasteiger partial charge in [-0.2, -0.15) is 0 Å². The van der Waals surface area contributed by atoms with Crippen molar-refractivity contribution in [3.63, 3.8) is 0 Å². The zero-order chi connectivity index (χ0) is 14.1. The molecule has 1 aromatic carbocycles. The number of para-hydroxylation sites is 1. The van der Waals surface area contributed by atoms with Gasteiger partial charge in [-0.05, 0) is 31.9 Å². The topological polar surface area (TPSA) is 61.9 Å². The SMILES string of the molecule is CCN(C(=O)c1n[nH]c(C2CC2)n1)c1ccccc1F. The number of halogens is 1. The van der Waals surface area contributed by atoms with E-state index in [-0.39, 0.29) is 17.4 Å². The molecule has 0 spiro atoms. The molecule has 0 atom stereocenters. The minimum absolute atomic E-state index is 0.0944. The van der Waals surface area contributed by atoms with Gasteiger partial charge in [0, 0.05) is 12.5 Å². The molecule has 1 N–H and O–H groups in total. The van der Waals surface area contributed by atoms with Crippen molar-refractivity contribution in [2.75, 3.05) is 11.4 Å². The summed E-state index contributed by atoms with van der Waals surface area (Å²) in [5.74, 6) is 0.420. The van der Waals surface area contributed by atoms with E-state index in [4.69, 9.17) is 0 Å². The van der Waals surface area contributed by atoms with Crippen LogP contribution in [0.15, 0.2) is 24.3 Å². The molecule has 2 aromatic rings. The Labute approximate surface area is 115 Å². The van der Waals surface area contributed by atoms with Crippen LogP contribution < -0.4 is 4.90 Å². The van der Waals surface area contributed by atoms with Crippen LogP contribution in [0.2, 0.25) is 0 Å². The molecule has 1 aliphatic carbocycles. The zero-order valence-corrected chi connectivity index (χ0v) is 11.1. The highest BCUT2D eigenvalue weighted by molar-refractivity contribution is 6.03. The van der Waals surface area contributed by atoms with Crippen molar-refractivity contribution in [2.24, 2.45) is 0 Å². The van der Waals surface area contributed by atoms with Crippen molar-refractivity contribution in [3.8, 4) is 0 Å². The second-order valence-electron chi connectivity index (χ2n) is 4.82. The van der Waals surface area contributed by atoms with Gasteiger partial charge < -0.3 is 4.90 Å². The molecular weight excluding hydrogens is 259 g/mol. The van der Waals surface area contributed by atoms with Crippen molar-refractivity contribution in [2.45, 2.75) is 25.7 Å². The normalized spacial score (nSPS) is 14.3. The number of amides is 1. The smallest absolute Gasteiger partial charge is 0.298 e. The Morgan fingerprint density at radius 2 is 2.20 bits per heavy atom. The van der Waals surface area contributed by atoms with E-state index in [2.05, 4.69) is 15.2 Å². The fraction of sp³-hybridized carbons (Fsp3) is 0.357. The highest BCUT2D eigenvalue weighted by Crippen LogP contribution is 2.37. The summed E-state index contributed by atoms with van der Waals surface area (Å²) in [5.41, 5.74) is 0.248. The second kappa shape index (κ2) is 5.03. The van der Waals surface area contributed by atoms with Crippen LogP contribution in [-0.2, 0) is 0 Å². The number of benzene rings is 1. The zero-order valence-electron chi connectivity index (χ0n) is 11.1. The van der Waals surface area contributed by atoms with E-state index in [1.807, 2.05) is 0 Å². The number of H-pyrrole nitrogens is 1. The van der Waals surface area contributed by atoms with Gasteiger partial charge in [0.25, 0.3) is 5.91 Å². The molecule has 3 rings (SSSR count). The van der Waals surface area contributed by atoms with Crippen LogP contribution in [0, 0.1) is 5.82 Å². The van der Waals surface area contributed by atoms with Gasteiger partial charge >= 0.3 is 0 Å². The largest absolute Gasteiger partial charge is 0.303 e. The Kier molecular flexibility index (Phi) is 3.22. The highest BCUT2D eigenvalue weighted by Gasteiger charge is 2.29. The average molecular weight is 274 g/mol. The number of aromatic nitrogens is 3. The molecule has 6 heteroatoms. The number of hydrogen-bond acceptors (Lipinski definition) is 3. The first-order valence-corrected chi connectivity index (χ1v) is 6.69. The summed E-state index contributed by atoms with van der Waals surface area (Å²) >= 11 is 0. The van der Waals surface area contributed by atoms with Gasteiger partial charge in [0.2, 0.25) is 5.82 Å². The number of hydrogen-bond donors (Lipinski definition) is 1. The van der Waals surface area contributed by atoms with Crippen LogP contribution in [0.4, 0.5) is 10.1 Å². The predicted octanol–water partition coefficient (Wildman–Crippen LogP) is 2.49. The maximum Gasteiger partial charge on any atom is 0.298 e. The molecule has 0 aliphatic heterocycles. The lowest BCUT2D eigenvalue weighted by Crippen LogP contribution is -2.32. The molecule has 1 saturated carbocycles. The molecule has 1 heterocycles. The number of anilines is 1. The molecule has 0 saturated heterocycles. The van der Waals surface area contributed by atoms with E-state index in [0.29, 0.717) is 12.5 Å². The van der Waals surface area contributed by atoms with Gasteiger partial charge in [-0.3, -0.25) is 9.89 Å². The molecular formula is C14H15FN4O. The molecule has 104 valence electrons. The van der Waals surface area contributed by atoms with Crippen molar-refractivity contribution in [3.05, 3.63) is 41.7 Å². The van der Waals surface area contributed by atoms with E-state index in [0.717, 1.165) is 18.7 Å². The minimum atomic E-state index is -0.430. The highest BCUT2D eigenvalue weighted by atomic mass is 19.1. The Morgan fingerprint density at radius 3 is 2.85 bits per heavy atom. The van der Waals surface area contributed by atoms with E-state index < -0.39 is 5.82 Å². The maximum atomic E-state index is 13.8. The summed E-state index contributed by atoms with van der Waals surface area (Å²) in [6.07, 6.45) is 2.15. The lowest BCUT2D eigenvalue weighted by Gasteiger charge is -2.19. The van der Waals surface area contributed by atoms with Crippen molar-refractivity contribution in [1.29, 1.82) is 0 Å².